The molecule has 0 radical (unpaired) electrons. The van der Waals surface area contributed by atoms with Gasteiger partial charge in [0.05, 0.1) is 5.69 Å². The van der Waals surface area contributed by atoms with Crippen molar-refractivity contribution < 1.29 is 4.79 Å². The molecule has 24 heavy (non-hydrogen) atoms. The van der Waals surface area contributed by atoms with Crippen molar-refractivity contribution in [1.82, 2.24) is 24.9 Å². The molecule has 1 amide bonds. The molecule has 0 aromatic carbocycles. The summed E-state index contributed by atoms with van der Waals surface area (Å²) >= 11 is 6.66. The number of nitrogens with one attached hydrogen (secondary N) is 1. The van der Waals surface area contributed by atoms with Crippen LogP contribution in [0.15, 0.2) is 11.6 Å². The molecule has 130 valence electrons. The van der Waals surface area contributed by atoms with Crippen LogP contribution in [0.5, 0.6) is 0 Å². The minimum Gasteiger partial charge on any atom is -0.361 e. The lowest BCUT2D eigenvalue weighted by Gasteiger charge is -2.30. The fraction of sp³-hybridized carbons (Fsp3) is 0.625. The average Bonchev–Trinajstić information content (AvgIpc) is 3.24. The summed E-state index contributed by atoms with van der Waals surface area (Å²) in [6, 6.07) is 0. The van der Waals surface area contributed by atoms with Gasteiger partial charge in [0.15, 0.2) is 5.11 Å². The number of hydrogen-bond donors (Lipinski definition) is 1. The molecule has 1 fully saturated rings. The van der Waals surface area contributed by atoms with Gasteiger partial charge in [0.25, 0.3) is 5.91 Å². The van der Waals surface area contributed by atoms with Crippen molar-refractivity contribution in [2.75, 3.05) is 19.6 Å². The molecule has 1 aliphatic carbocycles. The first-order valence-corrected chi connectivity index (χ1v) is 9.69. The summed E-state index contributed by atoms with van der Waals surface area (Å²) in [6.45, 7) is 4.09. The van der Waals surface area contributed by atoms with Gasteiger partial charge in [-0.15, -0.1) is 5.10 Å². The third kappa shape index (κ3) is 3.92. The number of thiocarbonyl (C=S) groups is 1. The third-order valence-corrected chi connectivity index (χ3v) is 5.62. The Hall–Kier alpha value is -1.54. The van der Waals surface area contributed by atoms with Crippen molar-refractivity contribution >= 4 is 34.8 Å². The molecule has 3 rings (SSSR count). The minimum absolute atomic E-state index is 0.0564. The van der Waals surface area contributed by atoms with E-state index >= 15 is 0 Å². The highest BCUT2D eigenvalue weighted by molar-refractivity contribution is 7.80. The molecular weight excluding hydrogens is 342 g/mol. The summed E-state index contributed by atoms with van der Waals surface area (Å²) in [5, 5.41) is 11.5. The third-order valence-electron chi connectivity index (χ3n) is 4.45. The van der Waals surface area contributed by atoms with E-state index < -0.39 is 0 Å². The lowest BCUT2D eigenvalue weighted by Crippen LogP contribution is -2.49. The zero-order valence-electron chi connectivity index (χ0n) is 14.0. The highest BCUT2D eigenvalue weighted by atomic mass is 32.1. The summed E-state index contributed by atoms with van der Waals surface area (Å²) in [5.74, 6) is -0.0564. The number of carbonyl (C=O) groups excluding carboxylic acids is 1. The van der Waals surface area contributed by atoms with Crippen LogP contribution in [-0.2, 0) is 0 Å². The number of hydrazine groups is 1. The quantitative estimate of drug-likeness (QED) is 0.654. The van der Waals surface area contributed by atoms with Crippen molar-refractivity contribution in [3.8, 4) is 0 Å². The molecule has 2 aliphatic rings. The fourth-order valence-corrected chi connectivity index (χ4v) is 4.03. The molecule has 0 bridgehead atoms. The Morgan fingerprint density at radius 3 is 2.88 bits per heavy atom. The van der Waals surface area contributed by atoms with Crippen LogP contribution in [0.4, 0.5) is 0 Å². The van der Waals surface area contributed by atoms with Crippen molar-refractivity contribution in [2.24, 2.45) is 0 Å². The monoisotopic (exact) mass is 365 g/mol. The summed E-state index contributed by atoms with van der Waals surface area (Å²) in [5.41, 5.74) is 2.21. The van der Waals surface area contributed by atoms with Gasteiger partial charge in [0.2, 0.25) is 0 Å². The maximum Gasteiger partial charge on any atom is 0.286 e. The second kappa shape index (κ2) is 8.02. The number of rotatable bonds is 4. The molecule has 1 aliphatic heterocycles. The zero-order chi connectivity index (χ0) is 16.9. The van der Waals surface area contributed by atoms with Crippen molar-refractivity contribution in [1.29, 1.82) is 0 Å². The molecule has 0 atom stereocenters. The Kier molecular flexibility index (Phi) is 5.78. The van der Waals surface area contributed by atoms with E-state index in [1.807, 2.05) is 11.9 Å². The number of amides is 1. The summed E-state index contributed by atoms with van der Waals surface area (Å²) in [4.78, 5) is 13.3. The van der Waals surface area contributed by atoms with E-state index in [9.17, 15) is 4.79 Å². The van der Waals surface area contributed by atoms with E-state index in [0.717, 1.165) is 37.5 Å². The second-order valence-electron chi connectivity index (χ2n) is 6.18. The first-order chi connectivity index (χ1) is 11.7. The Labute approximate surface area is 152 Å². The van der Waals surface area contributed by atoms with Crippen LogP contribution in [-0.4, -0.2) is 50.3 Å². The molecule has 0 unspecified atom stereocenters. The van der Waals surface area contributed by atoms with Crippen LogP contribution >= 0.6 is 23.8 Å². The highest BCUT2D eigenvalue weighted by Gasteiger charge is 2.31. The van der Waals surface area contributed by atoms with Gasteiger partial charge in [-0.2, -0.15) is 0 Å². The summed E-state index contributed by atoms with van der Waals surface area (Å²) in [6.07, 6.45) is 9.33. The van der Waals surface area contributed by atoms with E-state index in [-0.39, 0.29) is 5.91 Å². The van der Waals surface area contributed by atoms with Crippen LogP contribution < -0.4 is 5.32 Å². The Balaban J connectivity index is 1.54. The van der Waals surface area contributed by atoms with E-state index in [1.54, 1.807) is 5.01 Å². The van der Waals surface area contributed by atoms with Crippen molar-refractivity contribution in [3.05, 3.63) is 22.2 Å². The Morgan fingerprint density at radius 2 is 2.17 bits per heavy atom. The highest BCUT2D eigenvalue weighted by Crippen LogP contribution is 2.20. The lowest BCUT2D eigenvalue weighted by atomic mass is 9.97. The first kappa shape index (κ1) is 17.3. The first-order valence-electron chi connectivity index (χ1n) is 8.51. The fourth-order valence-electron chi connectivity index (χ4n) is 3.13. The van der Waals surface area contributed by atoms with Gasteiger partial charge in [-0.1, -0.05) is 16.1 Å². The predicted octanol–water partition coefficient (Wildman–Crippen LogP) is 2.67. The number of aromatic nitrogens is 2. The SMILES string of the molecule is Cc1nnsc1C(=O)N1CCCN1C(=S)NCCC1=CCCCC1. The van der Waals surface area contributed by atoms with Gasteiger partial charge < -0.3 is 5.32 Å². The van der Waals surface area contributed by atoms with Crippen LogP contribution in [0.1, 0.15) is 53.9 Å². The maximum absolute atomic E-state index is 12.7. The predicted molar refractivity (Wildman–Crippen MR) is 98.8 cm³/mol. The number of nitrogens with zero attached hydrogens (tertiary/aromatic N) is 4. The molecule has 1 aromatic heterocycles. The zero-order valence-corrected chi connectivity index (χ0v) is 15.6. The maximum atomic E-state index is 12.7. The standard InChI is InChI=1S/C16H23N5OS2/c1-12-14(24-19-18-12)15(22)20-10-5-11-21(20)16(23)17-9-8-13-6-3-2-4-7-13/h6H,2-5,7-11H2,1H3,(H,17,23). The van der Waals surface area contributed by atoms with Crippen LogP contribution in [0.3, 0.4) is 0 Å². The van der Waals surface area contributed by atoms with Gasteiger partial charge in [-0.25, -0.2) is 5.01 Å². The normalized spacial score (nSPS) is 17.8. The smallest absolute Gasteiger partial charge is 0.286 e. The molecule has 1 N–H and O–H groups in total. The van der Waals surface area contributed by atoms with Gasteiger partial charge >= 0.3 is 0 Å². The second-order valence-corrected chi connectivity index (χ2v) is 7.32. The number of carbonyl (C=O) groups is 1. The number of hydrogen-bond acceptors (Lipinski definition) is 5. The molecular formula is C16H23N5OS2. The minimum atomic E-state index is -0.0564. The number of aryl methyl sites for hydroxylation is 1. The van der Waals surface area contributed by atoms with Crippen molar-refractivity contribution in [2.45, 2.75) is 45.4 Å². The molecule has 0 spiro atoms. The van der Waals surface area contributed by atoms with Crippen LogP contribution in [0.25, 0.3) is 0 Å². The van der Waals surface area contributed by atoms with Crippen molar-refractivity contribution in [3.63, 3.8) is 0 Å². The van der Waals surface area contributed by atoms with E-state index in [4.69, 9.17) is 12.2 Å². The van der Waals surface area contributed by atoms with E-state index in [1.165, 1.54) is 31.3 Å². The Bertz CT molecular complexity index is 642. The number of allylic oxidation sites excluding steroid dienone is 1. The molecule has 1 aromatic rings. The van der Waals surface area contributed by atoms with E-state index in [2.05, 4.69) is 21.0 Å². The van der Waals surface area contributed by atoms with Gasteiger partial charge in [-0.3, -0.25) is 9.80 Å². The lowest BCUT2D eigenvalue weighted by molar-refractivity contribution is 0.0496. The van der Waals surface area contributed by atoms with Gasteiger partial charge in [0.1, 0.15) is 4.88 Å². The Morgan fingerprint density at radius 1 is 1.33 bits per heavy atom. The molecule has 6 nitrogen and oxygen atoms in total. The van der Waals surface area contributed by atoms with Crippen LogP contribution in [0, 0.1) is 6.92 Å². The van der Waals surface area contributed by atoms with Gasteiger partial charge in [0, 0.05) is 19.6 Å². The largest absolute Gasteiger partial charge is 0.361 e. The summed E-state index contributed by atoms with van der Waals surface area (Å²) < 4.78 is 3.86. The average molecular weight is 366 g/mol. The molecule has 1 saturated heterocycles. The molecule has 0 saturated carbocycles. The molecule has 8 heteroatoms. The topological polar surface area (TPSA) is 61.4 Å². The van der Waals surface area contributed by atoms with Gasteiger partial charge in [-0.05, 0) is 69.2 Å². The molecule has 2 heterocycles. The van der Waals surface area contributed by atoms with Crippen LogP contribution in [0.2, 0.25) is 0 Å². The van der Waals surface area contributed by atoms with E-state index in [0.29, 0.717) is 22.2 Å². The summed E-state index contributed by atoms with van der Waals surface area (Å²) in [7, 11) is 0.